The molecule has 0 spiro atoms. The maximum absolute atomic E-state index is 11.7. The second-order valence-corrected chi connectivity index (χ2v) is 5.61. The van der Waals surface area contributed by atoms with Crippen molar-refractivity contribution in [1.82, 2.24) is 0 Å². The second-order valence-electron chi connectivity index (χ2n) is 5.61. The summed E-state index contributed by atoms with van der Waals surface area (Å²) >= 11 is 0. The molecule has 0 saturated carbocycles. The Balaban J connectivity index is 2.68. The van der Waals surface area contributed by atoms with Crippen LogP contribution in [0.25, 0.3) is 0 Å². The predicted octanol–water partition coefficient (Wildman–Crippen LogP) is 2.16. The molecule has 4 nitrogen and oxygen atoms in total. The fourth-order valence-corrected chi connectivity index (χ4v) is 1.72. The summed E-state index contributed by atoms with van der Waals surface area (Å²) in [5.41, 5.74) is 5.09. The highest BCUT2D eigenvalue weighted by Crippen LogP contribution is 2.22. The Morgan fingerprint density at radius 1 is 1.26 bits per heavy atom. The van der Waals surface area contributed by atoms with Crippen molar-refractivity contribution in [3.63, 3.8) is 0 Å². The SMILES string of the molecule is CC(C)(C)OC(=O)CCC(N)(C=O)c1ccccc1. The van der Waals surface area contributed by atoms with Gasteiger partial charge in [-0.3, -0.25) is 4.79 Å². The maximum atomic E-state index is 11.7. The average Bonchev–Trinajstić information content (AvgIpc) is 2.35. The van der Waals surface area contributed by atoms with Crippen molar-refractivity contribution in [3.8, 4) is 0 Å². The van der Waals surface area contributed by atoms with Crippen LogP contribution < -0.4 is 5.73 Å². The fraction of sp³-hybridized carbons (Fsp3) is 0.467. The molecule has 0 saturated heterocycles. The van der Waals surface area contributed by atoms with Gasteiger partial charge in [0, 0.05) is 6.42 Å². The highest BCUT2D eigenvalue weighted by atomic mass is 16.6. The van der Waals surface area contributed by atoms with Gasteiger partial charge in [-0.2, -0.15) is 0 Å². The quantitative estimate of drug-likeness (QED) is 0.653. The van der Waals surface area contributed by atoms with Crippen molar-refractivity contribution in [2.24, 2.45) is 5.73 Å². The molecule has 2 N–H and O–H groups in total. The zero-order valence-electron chi connectivity index (χ0n) is 11.7. The smallest absolute Gasteiger partial charge is 0.306 e. The summed E-state index contributed by atoms with van der Waals surface area (Å²) in [7, 11) is 0. The summed E-state index contributed by atoms with van der Waals surface area (Å²) in [5.74, 6) is -0.347. The first-order chi connectivity index (χ1) is 8.77. The van der Waals surface area contributed by atoms with Crippen molar-refractivity contribution in [2.45, 2.75) is 44.8 Å². The van der Waals surface area contributed by atoms with Crippen LogP contribution in [0.1, 0.15) is 39.2 Å². The molecular weight excluding hydrogens is 242 g/mol. The minimum absolute atomic E-state index is 0.113. The lowest BCUT2D eigenvalue weighted by molar-refractivity contribution is -0.155. The highest BCUT2D eigenvalue weighted by Gasteiger charge is 2.28. The first-order valence-corrected chi connectivity index (χ1v) is 6.29. The van der Waals surface area contributed by atoms with Gasteiger partial charge in [-0.05, 0) is 32.8 Å². The summed E-state index contributed by atoms with van der Waals surface area (Å²) in [6.07, 6.45) is 1.03. The summed E-state index contributed by atoms with van der Waals surface area (Å²) in [6, 6.07) is 9.04. The van der Waals surface area contributed by atoms with Crippen molar-refractivity contribution >= 4 is 12.3 Å². The van der Waals surface area contributed by atoms with Crippen LogP contribution in [-0.2, 0) is 19.9 Å². The molecular formula is C15H21NO3. The molecule has 0 aliphatic carbocycles. The molecule has 19 heavy (non-hydrogen) atoms. The van der Waals surface area contributed by atoms with E-state index in [1.54, 1.807) is 32.9 Å². The highest BCUT2D eigenvalue weighted by molar-refractivity contribution is 5.73. The number of rotatable bonds is 5. The van der Waals surface area contributed by atoms with Gasteiger partial charge in [-0.25, -0.2) is 0 Å². The van der Waals surface area contributed by atoms with E-state index >= 15 is 0 Å². The van der Waals surface area contributed by atoms with Gasteiger partial charge in [0.25, 0.3) is 0 Å². The maximum Gasteiger partial charge on any atom is 0.306 e. The Labute approximate surface area is 113 Å². The van der Waals surface area contributed by atoms with E-state index in [0.717, 1.165) is 0 Å². The van der Waals surface area contributed by atoms with Crippen LogP contribution >= 0.6 is 0 Å². The van der Waals surface area contributed by atoms with E-state index in [9.17, 15) is 9.59 Å². The number of aldehydes is 1. The molecule has 0 aromatic heterocycles. The van der Waals surface area contributed by atoms with Crippen molar-refractivity contribution in [2.75, 3.05) is 0 Å². The lowest BCUT2D eigenvalue weighted by atomic mass is 9.88. The lowest BCUT2D eigenvalue weighted by Gasteiger charge is -2.24. The van der Waals surface area contributed by atoms with Gasteiger partial charge in [-0.15, -0.1) is 0 Å². The van der Waals surface area contributed by atoms with Gasteiger partial charge < -0.3 is 15.3 Å². The summed E-state index contributed by atoms with van der Waals surface area (Å²) in [4.78, 5) is 22.9. The van der Waals surface area contributed by atoms with E-state index in [2.05, 4.69) is 0 Å². The van der Waals surface area contributed by atoms with Gasteiger partial charge in [0.2, 0.25) is 0 Å². The number of carbonyl (C=O) groups excluding carboxylic acids is 2. The standard InChI is InChI=1S/C15H21NO3/c1-14(2,3)19-13(18)9-10-15(16,11-17)12-7-5-4-6-8-12/h4-8,11H,9-10,16H2,1-3H3. The molecule has 0 radical (unpaired) electrons. The van der Waals surface area contributed by atoms with Crippen LogP contribution in [0.2, 0.25) is 0 Å². The molecule has 0 amide bonds. The van der Waals surface area contributed by atoms with Crippen LogP contribution in [0.4, 0.5) is 0 Å². The van der Waals surface area contributed by atoms with Crippen molar-refractivity contribution < 1.29 is 14.3 Å². The van der Waals surface area contributed by atoms with Crippen LogP contribution in [-0.4, -0.2) is 17.9 Å². The molecule has 104 valence electrons. The molecule has 1 aromatic carbocycles. The molecule has 0 aliphatic heterocycles. The summed E-state index contributed by atoms with van der Waals surface area (Å²) in [6.45, 7) is 5.41. The first-order valence-electron chi connectivity index (χ1n) is 6.29. The van der Waals surface area contributed by atoms with E-state index in [4.69, 9.17) is 10.5 Å². The average molecular weight is 263 g/mol. The fourth-order valence-electron chi connectivity index (χ4n) is 1.72. The third kappa shape index (κ3) is 4.83. The zero-order valence-corrected chi connectivity index (χ0v) is 11.7. The summed E-state index contributed by atoms with van der Waals surface area (Å²) < 4.78 is 5.20. The van der Waals surface area contributed by atoms with Gasteiger partial charge >= 0.3 is 5.97 Å². The number of hydrogen-bond acceptors (Lipinski definition) is 4. The van der Waals surface area contributed by atoms with E-state index in [0.29, 0.717) is 11.8 Å². The Morgan fingerprint density at radius 2 is 1.84 bits per heavy atom. The van der Waals surface area contributed by atoms with Crippen molar-refractivity contribution in [3.05, 3.63) is 35.9 Å². The first kappa shape index (κ1) is 15.4. The topological polar surface area (TPSA) is 69.4 Å². The van der Waals surface area contributed by atoms with E-state index < -0.39 is 11.1 Å². The molecule has 0 bridgehead atoms. The van der Waals surface area contributed by atoms with Crippen LogP contribution in [0.5, 0.6) is 0 Å². The normalized spacial score (nSPS) is 14.5. The van der Waals surface area contributed by atoms with E-state index in [-0.39, 0.29) is 18.8 Å². The van der Waals surface area contributed by atoms with Gasteiger partial charge in [0.15, 0.2) is 0 Å². The second kappa shape index (κ2) is 5.97. The van der Waals surface area contributed by atoms with Gasteiger partial charge in [0.05, 0.1) is 5.54 Å². The Morgan fingerprint density at radius 3 is 2.32 bits per heavy atom. The molecule has 0 fully saturated rings. The monoisotopic (exact) mass is 263 g/mol. The van der Waals surface area contributed by atoms with Crippen LogP contribution in [0.3, 0.4) is 0 Å². The number of esters is 1. The van der Waals surface area contributed by atoms with Gasteiger partial charge in [-0.1, -0.05) is 30.3 Å². The summed E-state index contributed by atoms with van der Waals surface area (Å²) in [5, 5.41) is 0. The lowest BCUT2D eigenvalue weighted by Crippen LogP contribution is -2.39. The molecule has 1 unspecified atom stereocenters. The van der Waals surface area contributed by atoms with Crippen LogP contribution in [0, 0.1) is 0 Å². The molecule has 0 aliphatic rings. The molecule has 0 heterocycles. The number of ether oxygens (including phenoxy) is 1. The largest absolute Gasteiger partial charge is 0.460 e. The van der Waals surface area contributed by atoms with E-state index in [1.165, 1.54) is 0 Å². The van der Waals surface area contributed by atoms with Crippen molar-refractivity contribution in [1.29, 1.82) is 0 Å². The molecule has 1 rings (SSSR count). The van der Waals surface area contributed by atoms with E-state index in [1.807, 2.05) is 18.2 Å². The number of carbonyl (C=O) groups is 2. The third-order valence-corrected chi connectivity index (χ3v) is 2.68. The van der Waals surface area contributed by atoms with Gasteiger partial charge in [0.1, 0.15) is 11.9 Å². The third-order valence-electron chi connectivity index (χ3n) is 2.68. The number of hydrogen-bond donors (Lipinski definition) is 1. The Bertz CT molecular complexity index is 436. The predicted molar refractivity (Wildman–Crippen MR) is 73.5 cm³/mol. The Kier molecular flexibility index (Phi) is 4.84. The minimum Gasteiger partial charge on any atom is -0.460 e. The minimum atomic E-state index is -1.14. The molecule has 1 aromatic rings. The molecule has 1 atom stereocenters. The zero-order chi connectivity index (χ0) is 14.5. The number of nitrogens with two attached hydrogens (primary N) is 1. The Hall–Kier alpha value is -1.68. The molecule has 4 heteroatoms. The number of benzene rings is 1. The van der Waals surface area contributed by atoms with Crippen LogP contribution in [0.15, 0.2) is 30.3 Å².